The van der Waals surface area contributed by atoms with E-state index in [1.807, 2.05) is 19.3 Å². The van der Waals surface area contributed by atoms with E-state index >= 15 is 0 Å². The van der Waals surface area contributed by atoms with Crippen LogP contribution in [0.1, 0.15) is 32.8 Å². The van der Waals surface area contributed by atoms with Crippen molar-refractivity contribution in [3.05, 3.63) is 24.5 Å². The molecule has 1 fully saturated rings. The first-order chi connectivity index (χ1) is 8.08. The lowest BCUT2D eigenvalue weighted by atomic mass is 9.95. The molecule has 1 atom stereocenters. The van der Waals surface area contributed by atoms with Crippen LogP contribution in [0, 0.1) is 11.8 Å². The van der Waals surface area contributed by atoms with Gasteiger partial charge in [0.15, 0.2) is 0 Å². The van der Waals surface area contributed by atoms with Crippen LogP contribution in [0.15, 0.2) is 19.0 Å². The largest absolute Gasteiger partial charge is 0.341 e. The number of rotatable bonds is 3. The van der Waals surface area contributed by atoms with Crippen LogP contribution in [0.5, 0.6) is 0 Å². The van der Waals surface area contributed by atoms with Crippen LogP contribution in [-0.2, 0) is 0 Å². The molecule has 2 rings (SSSR count). The van der Waals surface area contributed by atoms with Gasteiger partial charge in [0.1, 0.15) is 0 Å². The Morgan fingerprint density at radius 2 is 2.06 bits per heavy atom. The molecule has 0 aromatic carbocycles. The van der Waals surface area contributed by atoms with Gasteiger partial charge in [-0.25, -0.2) is 9.97 Å². The summed E-state index contributed by atoms with van der Waals surface area (Å²) >= 11 is 0. The highest BCUT2D eigenvalue weighted by molar-refractivity contribution is 5.59. The Hall–Kier alpha value is -1.38. The van der Waals surface area contributed by atoms with Crippen molar-refractivity contribution in [2.24, 2.45) is 11.8 Å². The number of nitrogens with zero attached hydrogens (tertiary/aromatic N) is 3. The van der Waals surface area contributed by atoms with Crippen LogP contribution >= 0.6 is 0 Å². The topological polar surface area (TPSA) is 29.0 Å². The Labute approximate surface area is 104 Å². The van der Waals surface area contributed by atoms with Crippen LogP contribution in [0.3, 0.4) is 0 Å². The molecule has 1 aromatic rings. The molecule has 1 aliphatic heterocycles. The predicted molar refractivity (Wildman–Crippen MR) is 71.9 cm³/mol. The average molecular weight is 231 g/mol. The first kappa shape index (κ1) is 12.1. The molecule has 0 aliphatic carbocycles. The number of aromatic nitrogens is 2. The molecule has 1 aliphatic rings. The van der Waals surface area contributed by atoms with Crippen LogP contribution in [0.25, 0.3) is 5.57 Å². The van der Waals surface area contributed by atoms with Crippen LogP contribution in [0.2, 0.25) is 0 Å². The van der Waals surface area contributed by atoms with E-state index in [9.17, 15) is 0 Å². The van der Waals surface area contributed by atoms with E-state index in [2.05, 4.69) is 35.3 Å². The van der Waals surface area contributed by atoms with Crippen molar-refractivity contribution >= 4 is 11.5 Å². The summed E-state index contributed by atoms with van der Waals surface area (Å²) in [5, 5.41) is 0. The van der Waals surface area contributed by atoms with Gasteiger partial charge < -0.3 is 4.90 Å². The first-order valence-electron chi connectivity index (χ1n) is 6.31. The molecule has 3 heteroatoms. The molecule has 0 unspecified atom stereocenters. The smallest absolute Gasteiger partial charge is 0.225 e. The van der Waals surface area contributed by atoms with Crippen molar-refractivity contribution in [3.63, 3.8) is 0 Å². The van der Waals surface area contributed by atoms with Gasteiger partial charge in [-0.3, -0.25) is 0 Å². The number of hydrogen-bond donors (Lipinski definition) is 0. The van der Waals surface area contributed by atoms with Crippen LogP contribution < -0.4 is 4.90 Å². The summed E-state index contributed by atoms with van der Waals surface area (Å²) in [6.45, 7) is 12.6. The van der Waals surface area contributed by atoms with Crippen molar-refractivity contribution in [1.82, 2.24) is 9.97 Å². The highest BCUT2D eigenvalue weighted by atomic mass is 15.3. The van der Waals surface area contributed by atoms with Gasteiger partial charge in [0.25, 0.3) is 0 Å². The molecule has 1 saturated heterocycles. The summed E-state index contributed by atoms with van der Waals surface area (Å²) in [5.41, 5.74) is 2.03. The zero-order chi connectivity index (χ0) is 12.4. The van der Waals surface area contributed by atoms with Gasteiger partial charge in [-0.05, 0) is 30.8 Å². The molecule has 0 N–H and O–H groups in total. The Morgan fingerprint density at radius 3 is 2.53 bits per heavy atom. The van der Waals surface area contributed by atoms with Gasteiger partial charge in [-0.2, -0.15) is 0 Å². The van der Waals surface area contributed by atoms with Crippen molar-refractivity contribution in [1.29, 1.82) is 0 Å². The van der Waals surface area contributed by atoms with Crippen molar-refractivity contribution < 1.29 is 0 Å². The third-order valence-electron chi connectivity index (χ3n) is 3.58. The molecule has 3 nitrogen and oxygen atoms in total. The van der Waals surface area contributed by atoms with E-state index in [0.29, 0.717) is 0 Å². The van der Waals surface area contributed by atoms with E-state index in [4.69, 9.17) is 0 Å². The number of allylic oxidation sites excluding steroid dienone is 1. The lowest BCUT2D eigenvalue weighted by molar-refractivity contribution is 0.422. The highest BCUT2D eigenvalue weighted by Crippen LogP contribution is 2.26. The molecule has 17 heavy (non-hydrogen) atoms. The van der Waals surface area contributed by atoms with E-state index < -0.39 is 0 Å². The minimum absolute atomic E-state index is 0.745. The van der Waals surface area contributed by atoms with E-state index in [1.165, 1.54) is 6.42 Å². The summed E-state index contributed by atoms with van der Waals surface area (Å²) in [4.78, 5) is 11.1. The standard InChI is InChI=1S/C14H21N3/c1-10(2)12-5-6-17(9-12)14-15-7-13(8-16-14)11(3)4/h7-8,10,12H,3,5-6,9H2,1-2,4H3/t12-/m0/s1. The fourth-order valence-corrected chi connectivity index (χ4v) is 2.22. The Balaban J connectivity index is 2.06. The molecule has 1 aromatic heterocycles. The second kappa shape index (κ2) is 4.86. The molecular formula is C14H21N3. The van der Waals surface area contributed by atoms with Gasteiger partial charge in [-0.15, -0.1) is 0 Å². The molecule has 0 saturated carbocycles. The maximum atomic E-state index is 4.43. The lowest BCUT2D eigenvalue weighted by Gasteiger charge is -2.17. The first-order valence-corrected chi connectivity index (χ1v) is 6.31. The second-order valence-electron chi connectivity index (χ2n) is 5.29. The molecule has 0 spiro atoms. The Kier molecular flexibility index (Phi) is 3.46. The van der Waals surface area contributed by atoms with E-state index in [1.54, 1.807) is 0 Å². The summed E-state index contributed by atoms with van der Waals surface area (Å²) in [6, 6.07) is 0. The third-order valence-corrected chi connectivity index (χ3v) is 3.58. The zero-order valence-electron chi connectivity index (χ0n) is 11.0. The lowest BCUT2D eigenvalue weighted by Crippen LogP contribution is -2.23. The van der Waals surface area contributed by atoms with Crippen LogP contribution in [0.4, 0.5) is 5.95 Å². The molecule has 0 bridgehead atoms. The summed E-state index contributed by atoms with van der Waals surface area (Å²) in [5.74, 6) is 2.38. The maximum Gasteiger partial charge on any atom is 0.225 e. The fraction of sp³-hybridized carbons (Fsp3) is 0.571. The zero-order valence-corrected chi connectivity index (χ0v) is 11.0. The normalized spacial score (nSPS) is 20.0. The van der Waals surface area contributed by atoms with Gasteiger partial charge in [0, 0.05) is 31.0 Å². The molecule has 0 amide bonds. The Morgan fingerprint density at radius 1 is 1.41 bits per heavy atom. The predicted octanol–water partition coefficient (Wildman–Crippen LogP) is 2.99. The fourth-order valence-electron chi connectivity index (χ4n) is 2.22. The van der Waals surface area contributed by atoms with Crippen molar-refractivity contribution in [2.45, 2.75) is 27.2 Å². The third kappa shape index (κ3) is 2.65. The van der Waals surface area contributed by atoms with Gasteiger partial charge in [-0.1, -0.05) is 20.4 Å². The van der Waals surface area contributed by atoms with Crippen LogP contribution in [-0.4, -0.2) is 23.1 Å². The Bertz CT molecular complexity index is 394. The maximum absolute atomic E-state index is 4.43. The second-order valence-corrected chi connectivity index (χ2v) is 5.29. The average Bonchev–Trinajstić information content (AvgIpc) is 2.78. The highest BCUT2D eigenvalue weighted by Gasteiger charge is 2.26. The van der Waals surface area contributed by atoms with Gasteiger partial charge >= 0.3 is 0 Å². The number of hydrogen-bond acceptors (Lipinski definition) is 3. The number of anilines is 1. The minimum atomic E-state index is 0.745. The summed E-state index contributed by atoms with van der Waals surface area (Å²) < 4.78 is 0. The molecule has 0 radical (unpaired) electrons. The minimum Gasteiger partial charge on any atom is -0.341 e. The molecular weight excluding hydrogens is 210 g/mol. The molecule has 2 heterocycles. The molecule has 92 valence electrons. The van der Waals surface area contributed by atoms with Gasteiger partial charge in [0.2, 0.25) is 5.95 Å². The van der Waals surface area contributed by atoms with Gasteiger partial charge in [0.05, 0.1) is 0 Å². The van der Waals surface area contributed by atoms with E-state index in [-0.39, 0.29) is 0 Å². The SMILES string of the molecule is C=C(C)c1cnc(N2CC[C@H](C(C)C)C2)nc1. The van der Waals surface area contributed by atoms with E-state index in [0.717, 1.165) is 42.0 Å². The van der Waals surface area contributed by atoms with Crippen molar-refractivity contribution in [3.8, 4) is 0 Å². The monoisotopic (exact) mass is 231 g/mol. The quantitative estimate of drug-likeness (QED) is 0.800. The summed E-state index contributed by atoms with van der Waals surface area (Å²) in [6.07, 6.45) is 4.99. The van der Waals surface area contributed by atoms with Crippen molar-refractivity contribution in [2.75, 3.05) is 18.0 Å². The summed E-state index contributed by atoms with van der Waals surface area (Å²) in [7, 11) is 0.